The molecule has 30 heavy (non-hydrogen) atoms. The summed E-state index contributed by atoms with van der Waals surface area (Å²) in [7, 11) is -3.23. The summed E-state index contributed by atoms with van der Waals surface area (Å²) in [5, 5.41) is 12.0. The highest BCUT2D eigenvalue weighted by atomic mass is 31.2. The van der Waals surface area contributed by atoms with E-state index in [9.17, 15) is 19.4 Å². The van der Waals surface area contributed by atoms with Gasteiger partial charge in [0.1, 0.15) is 11.8 Å². The maximum absolute atomic E-state index is 12.6. The largest absolute Gasteiger partial charge is 0.427 e. The molecular weight excluding hydrogens is 407 g/mol. The first-order valence-corrected chi connectivity index (χ1v) is 11.0. The van der Waals surface area contributed by atoms with Crippen molar-refractivity contribution in [3.05, 3.63) is 59.2 Å². The van der Waals surface area contributed by atoms with Gasteiger partial charge in [-0.3, -0.25) is 14.2 Å². The van der Waals surface area contributed by atoms with Gasteiger partial charge in [-0.2, -0.15) is 5.26 Å². The third-order valence-electron chi connectivity index (χ3n) is 3.87. The second-order valence-corrected chi connectivity index (χ2v) is 8.22. The Labute approximate surface area is 175 Å². The molecule has 1 amide bonds. The molecule has 1 N–H and O–H groups in total. The lowest BCUT2D eigenvalue weighted by atomic mass is 10.1. The summed E-state index contributed by atoms with van der Waals surface area (Å²) in [6.07, 6.45) is 0.104. The van der Waals surface area contributed by atoms with Crippen LogP contribution in [0.2, 0.25) is 0 Å². The number of benzene rings is 2. The van der Waals surface area contributed by atoms with Crippen LogP contribution in [-0.4, -0.2) is 25.1 Å². The Hall–Kier alpha value is -2.98. The number of amides is 1. The molecule has 0 bridgehead atoms. The molecule has 0 fully saturated rings. The van der Waals surface area contributed by atoms with Gasteiger partial charge in [-0.25, -0.2) is 0 Å². The fourth-order valence-electron chi connectivity index (χ4n) is 2.66. The third-order valence-corrected chi connectivity index (χ3v) is 5.92. The molecule has 2 aromatic carbocycles. The minimum Gasteiger partial charge on any atom is -0.427 e. The highest BCUT2D eigenvalue weighted by Gasteiger charge is 2.24. The molecule has 0 unspecified atom stereocenters. The van der Waals surface area contributed by atoms with E-state index < -0.39 is 19.5 Å². The number of esters is 1. The Morgan fingerprint density at radius 3 is 2.23 bits per heavy atom. The molecule has 2 rings (SSSR count). The lowest BCUT2D eigenvalue weighted by Crippen LogP contribution is -2.13. The second kappa shape index (κ2) is 10.7. The van der Waals surface area contributed by atoms with E-state index >= 15 is 0 Å². The average Bonchev–Trinajstić information content (AvgIpc) is 2.69. The van der Waals surface area contributed by atoms with E-state index in [0.717, 1.165) is 0 Å². The first kappa shape index (κ1) is 23.3. The standard InChI is InChI=1S/C21H23N2O6P/c1-4-27-30(26,28-5-2)14-16-6-8-17(9-7-16)21(25)23-20-11-10-19(29-15(3)24)12-18(20)13-22/h6-12H,4-5,14H2,1-3H3,(H,23,25). The molecule has 0 aliphatic heterocycles. The van der Waals surface area contributed by atoms with Crippen LogP contribution in [0, 0.1) is 11.3 Å². The smallest absolute Gasteiger partial charge is 0.335 e. The summed E-state index contributed by atoms with van der Waals surface area (Å²) >= 11 is 0. The number of anilines is 1. The Morgan fingerprint density at radius 1 is 1.07 bits per heavy atom. The quantitative estimate of drug-likeness (QED) is 0.354. The Morgan fingerprint density at radius 2 is 1.70 bits per heavy atom. The van der Waals surface area contributed by atoms with Crippen LogP contribution >= 0.6 is 7.60 Å². The fourth-order valence-corrected chi connectivity index (χ4v) is 4.36. The average molecular weight is 430 g/mol. The zero-order valence-corrected chi connectivity index (χ0v) is 17.9. The Balaban J connectivity index is 2.12. The summed E-state index contributed by atoms with van der Waals surface area (Å²) in [5.41, 5.74) is 1.52. The van der Waals surface area contributed by atoms with E-state index in [2.05, 4.69) is 5.32 Å². The number of ether oxygens (including phenoxy) is 1. The van der Waals surface area contributed by atoms with Gasteiger partial charge < -0.3 is 19.1 Å². The zero-order valence-electron chi connectivity index (χ0n) is 17.0. The zero-order chi connectivity index (χ0) is 22.1. The predicted octanol–water partition coefficient (Wildman–Crippen LogP) is 4.50. The molecule has 158 valence electrons. The highest BCUT2D eigenvalue weighted by molar-refractivity contribution is 7.53. The van der Waals surface area contributed by atoms with Crippen molar-refractivity contribution in [3.8, 4) is 11.8 Å². The third kappa shape index (κ3) is 6.53. The van der Waals surface area contributed by atoms with Crippen molar-refractivity contribution in [1.82, 2.24) is 0 Å². The molecule has 8 nitrogen and oxygen atoms in total. The van der Waals surface area contributed by atoms with Crippen LogP contribution in [0.25, 0.3) is 0 Å². The SMILES string of the molecule is CCOP(=O)(Cc1ccc(C(=O)Nc2ccc(OC(C)=O)cc2C#N)cc1)OCC. The van der Waals surface area contributed by atoms with E-state index in [1.54, 1.807) is 38.1 Å². The van der Waals surface area contributed by atoms with Crippen molar-refractivity contribution in [1.29, 1.82) is 5.26 Å². The number of carbonyl (C=O) groups excluding carboxylic acids is 2. The van der Waals surface area contributed by atoms with Crippen LogP contribution < -0.4 is 10.1 Å². The van der Waals surface area contributed by atoms with Gasteiger partial charge in [-0.05, 0) is 43.7 Å². The molecule has 0 radical (unpaired) electrons. The van der Waals surface area contributed by atoms with Crippen molar-refractivity contribution >= 4 is 25.2 Å². The van der Waals surface area contributed by atoms with E-state index in [1.807, 2.05) is 6.07 Å². The number of nitrogens with zero attached hydrogens (tertiary/aromatic N) is 1. The van der Waals surface area contributed by atoms with Crippen LogP contribution in [0.15, 0.2) is 42.5 Å². The van der Waals surface area contributed by atoms with Gasteiger partial charge in [-0.15, -0.1) is 0 Å². The van der Waals surface area contributed by atoms with Gasteiger partial charge >= 0.3 is 13.6 Å². The number of hydrogen-bond acceptors (Lipinski definition) is 7. The normalized spacial score (nSPS) is 10.9. The summed E-state index contributed by atoms with van der Waals surface area (Å²) in [6, 6.07) is 12.8. The highest BCUT2D eigenvalue weighted by Crippen LogP contribution is 2.51. The molecule has 0 atom stereocenters. The fraction of sp³-hybridized carbons (Fsp3) is 0.286. The van der Waals surface area contributed by atoms with E-state index in [0.29, 0.717) is 16.8 Å². The number of hydrogen-bond donors (Lipinski definition) is 1. The van der Waals surface area contributed by atoms with Crippen molar-refractivity contribution in [3.63, 3.8) is 0 Å². The molecule has 0 aliphatic carbocycles. The van der Waals surface area contributed by atoms with E-state index in [4.69, 9.17) is 13.8 Å². The maximum atomic E-state index is 12.6. The van der Waals surface area contributed by atoms with Crippen LogP contribution in [0.1, 0.15) is 42.3 Å². The summed E-state index contributed by atoms with van der Waals surface area (Å²) < 4.78 is 28.1. The molecule has 2 aromatic rings. The summed E-state index contributed by atoms with van der Waals surface area (Å²) in [4.78, 5) is 23.6. The molecular formula is C21H23N2O6P. The molecule has 0 spiro atoms. The lowest BCUT2D eigenvalue weighted by Gasteiger charge is -2.17. The number of carbonyl (C=O) groups is 2. The van der Waals surface area contributed by atoms with Crippen LogP contribution in [0.4, 0.5) is 5.69 Å². The molecule has 0 aromatic heterocycles. The first-order valence-electron chi connectivity index (χ1n) is 9.31. The lowest BCUT2D eigenvalue weighted by molar-refractivity contribution is -0.131. The second-order valence-electron chi connectivity index (χ2n) is 6.17. The van der Waals surface area contributed by atoms with Gasteiger partial charge in [0.15, 0.2) is 0 Å². The van der Waals surface area contributed by atoms with Crippen molar-refractivity contribution in [2.45, 2.75) is 26.9 Å². The van der Waals surface area contributed by atoms with E-state index in [-0.39, 0.29) is 30.7 Å². The molecule has 0 saturated carbocycles. The molecule has 9 heteroatoms. The summed E-state index contributed by atoms with van der Waals surface area (Å²) in [5.74, 6) is -0.709. The van der Waals surface area contributed by atoms with Crippen molar-refractivity contribution < 1.29 is 27.9 Å². The van der Waals surface area contributed by atoms with Crippen LogP contribution in [-0.2, 0) is 24.6 Å². The van der Waals surface area contributed by atoms with Crippen LogP contribution in [0.3, 0.4) is 0 Å². The van der Waals surface area contributed by atoms with E-state index in [1.165, 1.54) is 25.1 Å². The monoisotopic (exact) mass is 430 g/mol. The topological polar surface area (TPSA) is 115 Å². The number of nitriles is 1. The maximum Gasteiger partial charge on any atom is 0.335 e. The summed E-state index contributed by atoms with van der Waals surface area (Å²) in [6.45, 7) is 5.29. The molecule has 0 heterocycles. The number of nitrogens with one attached hydrogen (secondary N) is 1. The Kier molecular flexibility index (Phi) is 8.31. The Bertz CT molecular complexity index is 988. The molecule has 0 aliphatic rings. The van der Waals surface area contributed by atoms with Crippen LogP contribution in [0.5, 0.6) is 5.75 Å². The van der Waals surface area contributed by atoms with Gasteiger partial charge in [0.2, 0.25) is 0 Å². The van der Waals surface area contributed by atoms with Gasteiger partial charge in [0, 0.05) is 18.6 Å². The van der Waals surface area contributed by atoms with Gasteiger partial charge in [-0.1, -0.05) is 12.1 Å². The van der Waals surface area contributed by atoms with Gasteiger partial charge in [0.25, 0.3) is 5.91 Å². The first-order chi connectivity index (χ1) is 14.3. The molecule has 0 saturated heterocycles. The van der Waals surface area contributed by atoms with Crippen molar-refractivity contribution in [2.75, 3.05) is 18.5 Å². The minimum atomic E-state index is -3.23. The predicted molar refractivity (Wildman–Crippen MR) is 111 cm³/mol. The minimum absolute atomic E-state index is 0.104. The van der Waals surface area contributed by atoms with Crippen molar-refractivity contribution in [2.24, 2.45) is 0 Å². The van der Waals surface area contributed by atoms with Gasteiger partial charge in [0.05, 0.1) is 30.6 Å². The number of rotatable bonds is 9.